The molecule has 1 aromatic carbocycles. The van der Waals surface area contributed by atoms with E-state index in [4.69, 9.17) is 0 Å². The van der Waals surface area contributed by atoms with Crippen LogP contribution < -0.4 is 5.32 Å². The Balaban J connectivity index is 1.35. The lowest BCUT2D eigenvalue weighted by Gasteiger charge is -2.38. The number of hydrogen-bond acceptors (Lipinski definition) is 4. The third-order valence-electron chi connectivity index (χ3n) is 5.75. The lowest BCUT2D eigenvalue weighted by atomic mass is 10.0. The molecule has 0 bridgehead atoms. The quantitative estimate of drug-likeness (QED) is 0.809. The molecule has 7 heteroatoms. The van der Waals surface area contributed by atoms with Crippen LogP contribution in [0.25, 0.3) is 0 Å². The van der Waals surface area contributed by atoms with Crippen LogP contribution >= 0.6 is 0 Å². The van der Waals surface area contributed by atoms with E-state index in [1.54, 1.807) is 18.2 Å². The number of benzene rings is 1. The highest BCUT2D eigenvalue weighted by Crippen LogP contribution is 2.17. The molecule has 6 nitrogen and oxygen atoms in total. The lowest BCUT2D eigenvalue weighted by Crippen LogP contribution is -2.52. The van der Waals surface area contributed by atoms with E-state index in [-0.39, 0.29) is 17.5 Å². The highest BCUT2D eigenvalue weighted by Gasteiger charge is 2.26. The van der Waals surface area contributed by atoms with Crippen molar-refractivity contribution < 1.29 is 14.0 Å². The van der Waals surface area contributed by atoms with E-state index in [2.05, 4.69) is 22.0 Å². The van der Waals surface area contributed by atoms with Crippen molar-refractivity contribution in [1.82, 2.24) is 14.7 Å². The minimum atomic E-state index is -0.419. The summed E-state index contributed by atoms with van der Waals surface area (Å²) in [7, 11) is 0. The number of hydrogen-bond donors (Lipinski definition) is 1. The van der Waals surface area contributed by atoms with Crippen LogP contribution in [0.2, 0.25) is 0 Å². The van der Waals surface area contributed by atoms with Gasteiger partial charge in [0.15, 0.2) is 0 Å². The van der Waals surface area contributed by atoms with Crippen molar-refractivity contribution in [2.24, 2.45) is 0 Å². The number of piperazine rings is 1. The van der Waals surface area contributed by atoms with E-state index in [1.165, 1.54) is 12.5 Å². The van der Waals surface area contributed by atoms with Crippen LogP contribution in [0.5, 0.6) is 0 Å². The summed E-state index contributed by atoms with van der Waals surface area (Å²) in [6.45, 7) is 7.52. The fraction of sp³-hybridized carbons (Fsp3) is 0.619. The summed E-state index contributed by atoms with van der Waals surface area (Å²) in [4.78, 5) is 31.1. The van der Waals surface area contributed by atoms with Gasteiger partial charge in [-0.2, -0.15) is 0 Å². The van der Waals surface area contributed by atoms with Crippen LogP contribution in [0.3, 0.4) is 0 Å². The maximum atomic E-state index is 13.6. The van der Waals surface area contributed by atoms with E-state index in [0.717, 1.165) is 45.6 Å². The number of rotatable bonds is 6. The molecule has 28 heavy (non-hydrogen) atoms. The number of piperidine rings is 1. The first-order valence-corrected chi connectivity index (χ1v) is 10.3. The average Bonchev–Trinajstić information content (AvgIpc) is 2.69. The van der Waals surface area contributed by atoms with Gasteiger partial charge < -0.3 is 15.1 Å². The van der Waals surface area contributed by atoms with Gasteiger partial charge in [0.2, 0.25) is 11.8 Å². The Morgan fingerprint density at radius 3 is 2.50 bits per heavy atom. The Kier molecular flexibility index (Phi) is 7.39. The van der Waals surface area contributed by atoms with Gasteiger partial charge in [0.05, 0.1) is 12.2 Å². The SMILES string of the molecule is CC1CCCCN1C(=O)CN1CCN(CCC(=O)Nc2ccccc2F)CC1. The predicted octanol–water partition coefficient (Wildman–Crippen LogP) is 2.17. The third kappa shape index (κ3) is 5.75. The molecule has 0 radical (unpaired) electrons. The summed E-state index contributed by atoms with van der Waals surface area (Å²) in [5.74, 6) is -0.358. The molecule has 2 heterocycles. The third-order valence-corrected chi connectivity index (χ3v) is 5.75. The molecule has 0 aliphatic carbocycles. The molecule has 2 fully saturated rings. The largest absolute Gasteiger partial charge is 0.339 e. The van der Waals surface area contributed by atoms with E-state index in [9.17, 15) is 14.0 Å². The number of halogens is 1. The number of anilines is 1. The molecule has 0 saturated carbocycles. The molecule has 2 amide bonds. The molecule has 1 aromatic rings. The molecule has 0 aromatic heterocycles. The maximum absolute atomic E-state index is 13.6. The van der Waals surface area contributed by atoms with E-state index in [1.807, 2.05) is 4.90 Å². The zero-order chi connectivity index (χ0) is 19.9. The molecule has 2 saturated heterocycles. The molecule has 2 aliphatic heterocycles. The first-order chi connectivity index (χ1) is 13.5. The summed E-state index contributed by atoms with van der Waals surface area (Å²) in [5, 5.41) is 2.62. The zero-order valence-electron chi connectivity index (χ0n) is 16.7. The Bertz CT molecular complexity index is 676. The van der Waals surface area contributed by atoms with Gasteiger partial charge in [0, 0.05) is 51.7 Å². The Morgan fingerprint density at radius 1 is 1.07 bits per heavy atom. The van der Waals surface area contributed by atoms with E-state index >= 15 is 0 Å². The number of nitrogens with zero attached hydrogens (tertiary/aromatic N) is 3. The minimum Gasteiger partial charge on any atom is -0.339 e. The Hall–Kier alpha value is -1.99. The van der Waals surface area contributed by atoms with Gasteiger partial charge in [-0.1, -0.05) is 12.1 Å². The van der Waals surface area contributed by atoms with Gasteiger partial charge in [-0.25, -0.2) is 4.39 Å². The summed E-state index contributed by atoms with van der Waals surface area (Å²) in [6, 6.07) is 6.55. The maximum Gasteiger partial charge on any atom is 0.236 e. The topological polar surface area (TPSA) is 55.9 Å². The van der Waals surface area contributed by atoms with Gasteiger partial charge in [-0.15, -0.1) is 0 Å². The van der Waals surface area contributed by atoms with Crippen molar-refractivity contribution in [3.8, 4) is 0 Å². The van der Waals surface area contributed by atoms with Gasteiger partial charge >= 0.3 is 0 Å². The smallest absolute Gasteiger partial charge is 0.236 e. The molecular weight excluding hydrogens is 359 g/mol. The minimum absolute atomic E-state index is 0.179. The van der Waals surface area contributed by atoms with Crippen LogP contribution in [-0.2, 0) is 9.59 Å². The van der Waals surface area contributed by atoms with Crippen molar-refractivity contribution in [1.29, 1.82) is 0 Å². The van der Waals surface area contributed by atoms with Gasteiger partial charge in [-0.05, 0) is 38.3 Å². The normalized spacial score (nSPS) is 21.5. The van der Waals surface area contributed by atoms with Crippen molar-refractivity contribution >= 4 is 17.5 Å². The second-order valence-electron chi connectivity index (χ2n) is 7.83. The predicted molar refractivity (Wildman–Crippen MR) is 108 cm³/mol. The second kappa shape index (κ2) is 9.98. The number of nitrogens with one attached hydrogen (secondary N) is 1. The summed E-state index contributed by atoms with van der Waals surface area (Å²) in [6.07, 6.45) is 3.76. The highest BCUT2D eigenvalue weighted by atomic mass is 19.1. The van der Waals surface area contributed by atoms with Crippen LogP contribution in [-0.4, -0.2) is 78.4 Å². The number of carbonyl (C=O) groups excluding carboxylic acids is 2. The number of likely N-dealkylation sites (tertiary alicyclic amines) is 1. The van der Waals surface area contributed by atoms with Crippen molar-refractivity contribution in [3.05, 3.63) is 30.1 Å². The molecule has 1 unspecified atom stereocenters. The summed E-state index contributed by atoms with van der Waals surface area (Å²) >= 11 is 0. The standard InChI is InChI=1S/C21H31FN4O2/c1-17-6-4-5-10-26(17)21(28)16-25-14-12-24(13-15-25)11-9-20(27)23-19-8-3-2-7-18(19)22/h2-3,7-8,17H,4-6,9-16H2,1H3,(H,23,27). The molecule has 0 spiro atoms. The van der Waals surface area contributed by atoms with Gasteiger partial charge in [-0.3, -0.25) is 14.5 Å². The van der Waals surface area contributed by atoms with Crippen molar-refractivity contribution in [2.45, 2.75) is 38.6 Å². The molecule has 1 N–H and O–H groups in total. The first-order valence-electron chi connectivity index (χ1n) is 10.3. The molecule has 3 rings (SSSR count). The van der Waals surface area contributed by atoms with E-state index in [0.29, 0.717) is 25.6 Å². The van der Waals surface area contributed by atoms with Crippen molar-refractivity contribution in [2.75, 3.05) is 51.1 Å². The fourth-order valence-corrected chi connectivity index (χ4v) is 3.96. The van der Waals surface area contributed by atoms with Crippen LogP contribution in [0, 0.1) is 5.82 Å². The molecule has 1 atom stereocenters. The Labute approximate surface area is 166 Å². The Morgan fingerprint density at radius 2 is 1.79 bits per heavy atom. The van der Waals surface area contributed by atoms with Gasteiger partial charge in [0.25, 0.3) is 0 Å². The molecule has 2 aliphatic rings. The van der Waals surface area contributed by atoms with Crippen LogP contribution in [0.15, 0.2) is 24.3 Å². The number of carbonyl (C=O) groups is 2. The average molecular weight is 391 g/mol. The second-order valence-corrected chi connectivity index (χ2v) is 7.83. The zero-order valence-corrected chi connectivity index (χ0v) is 16.7. The first kappa shape index (κ1) is 20.7. The van der Waals surface area contributed by atoms with Gasteiger partial charge in [0.1, 0.15) is 5.82 Å². The highest BCUT2D eigenvalue weighted by molar-refractivity contribution is 5.90. The lowest BCUT2D eigenvalue weighted by molar-refractivity contribution is -0.136. The number of para-hydroxylation sites is 1. The van der Waals surface area contributed by atoms with Crippen LogP contribution in [0.4, 0.5) is 10.1 Å². The van der Waals surface area contributed by atoms with E-state index < -0.39 is 5.82 Å². The number of amides is 2. The molecular formula is C21H31FN4O2. The summed E-state index contributed by atoms with van der Waals surface area (Å²) < 4.78 is 13.6. The summed E-state index contributed by atoms with van der Waals surface area (Å²) in [5.41, 5.74) is 0.225. The fourth-order valence-electron chi connectivity index (χ4n) is 3.96. The monoisotopic (exact) mass is 390 g/mol. The van der Waals surface area contributed by atoms with Crippen molar-refractivity contribution in [3.63, 3.8) is 0 Å². The van der Waals surface area contributed by atoms with Crippen LogP contribution in [0.1, 0.15) is 32.6 Å². The molecule has 154 valence electrons.